The minimum atomic E-state index is 1.06. The van der Waals surface area contributed by atoms with Crippen molar-refractivity contribution in [1.82, 2.24) is 14.9 Å². The van der Waals surface area contributed by atoms with Gasteiger partial charge in [0.2, 0.25) is 0 Å². The van der Waals surface area contributed by atoms with Gasteiger partial charge in [-0.15, -0.1) is 0 Å². The van der Waals surface area contributed by atoms with Crippen molar-refractivity contribution in [3.05, 3.63) is 96.6 Å². The van der Waals surface area contributed by atoms with E-state index in [9.17, 15) is 0 Å². The maximum Gasteiger partial charge on any atom is 0.0460 e. The number of nitrogens with zero attached hydrogens (tertiary/aromatic N) is 2. The van der Waals surface area contributed by atoms with Gasteiger partial charge in [0.15, 0.2) is 0 Å². The molecule has 3 heteroatoms. The molecule has 3 nitrogen and oxygen atoms in total. The number of aromatic nitrogens is 2. The first-order chi connectivity index (χ1) is 14.6. The number of aryl methyl sites for hydroxylation is 1. The second kappa shape index (κ2) is 12.5. The Labute approximate surface area is 181 Å². The van der Waals surface area contributed by atoms with Gasteiger partial charge in [-0.2, -0.15) is 0 Å². The quantitative estimate of drug-likeness (QED) is 0.406. The Balaban J connectivity index is 0.000000386. The molecule has 3 aromatic rings. The molecule has 0 aliphatic rings. The van der Waals surface area contributed by atoms with E-state index in [1.807, 2.05) is 32.2 Å². The van der Waals surface area contributed by atoms with Gasteiger partial charge in [-0.1, -0.05) is 44.7 Å². The molecule has 0 aliphatic carbocycles. The Morgan fingerprint density at radius 2 is 1.77 bits per heavy atom. The minimum Gasteiger partial charge on any atom is -0.371 e. The van der Waals surface area contributed by atoms with Crippen molar-refractivity contribution >= 4 is 16.5 Å². The third-order valence-corrected chi connectivity index (χ3v) is 4.83. The summed E-state index contributed by atoms with van der Waals surface area (Å²) in [5, 5.41) is 1.24. The largest absolute Gasteiger partial charge is 0.371 e. The number of hydrogen-bond donors (Lipinski definition) is 1. The number of nitrogens with one attached hydrogen (secondary N) is 1. The number of hydrogen-bond acceptors (Lipinski definition) is 2. The van der Waals surface area contributed by atoms with Crippen LogP contribution in [-0.2, 0) is 0 Å². The molecule has 1 N–H and O–H groups in total. The number of benzene rings is 1. The van der Waals surface area contributed by atoms with Gasteiger partial charge in [0, 0.05) is 42.9 Å². The molecule has 0 radical (unpaired) electrons. The van der Waals surface area contributed by atoms with Crippen molar-refractivity contribution in [1.29, 1.82) is 0 Å². The number of H-pyrrole nitrogens is 1. The first-order valence-corrected chi connectivity index (χ1v) is 10.8. The average molecular weight is 402 g/mol. The molecule has 0 unspecified atom stereocenters. The second-order valence-corrected chi connectivity index (χ2v) is 7.35. The summed E-state index contributed by atoms with van der Waals surface area (Å²) in [4.78, 5) is 9.58. The summed E-state index contributed by atoms with van der Waals surface area (Å²) in [5.74, 6) is 0. The highest BCUT2D eigenvalue weighted by molar-refractivity contribution is 5.86. The summed E-state index contributed by atoms with van der Waals surface area (Å²) in [7, 11) is 0. The van der Waals surface area contributed by atoms with Crippen molar-refractivity contribution in [3.8, 4) is 0 Å². The standard InChI is InChI=1S/C21H28N2.C6H7N/c1-5-8-9-21(23(14-6-2)15-7-3)17(4)19-11-10-18-12-13-22-20(18)16-19;1-6-2-4-7-5-3-6/h5,8-13,16,22H,4,6-7,14-15H2,1-3H3;2-5H,1H3/b8-5-,21-9+;. The van der Waals surface area contributed by atoms with Crippen molar-refractivity contribution in [2.24, 2.45) is 0 Å². The summed E-state index contributed by atoms with van der Waals surface area (Å²) in [5.41, 5.74) is 5.90. The highest BCUT2D eigenvalue weighted by Crippen LogP contribution is 2.27. The molecular weight excluding hydrogens is 366 g/mol. The molecule has 158 valence electrons. The van der Waals surface area contributed by atoms with Crippen LogP contribution in [0.1, 0.15) is 44.7 Å². The fraction of sp³-hybridized carbons (Fsp3) is 0.296. The van der Waals surface area contributed by atoms with Gasteiger partial charge in [0.05, 0.1) is 0 Å². The highest BCUT2D eigenvalue weighted by atomic mass is 15.1. The van der Waals surface area contributed by atoms with E-state index in [0.717, 1.165) is 37.0 Å². The molecule has 0 saturated heterocycles. The Morgan fingerprint density at radius 1 is 1.07 bits per heavy atom. The zero-order chi connectivity index (χ0) is 21.8. The van der Waals surface area contributed by atoms with E-state index in [1.54, 1.807) is 12.4 Å². The normalized spacial score (nSPS) is 11.4. The van der Waals surface area contributed by atoms with Gasteiger partial charge in [-0.25, -0.2) is 0 Å². The van der Waals surface area contributed by atoms with Crippen LogP contribution in [0.15, 0.2) is 85.5 Å². The molecule has 2 aromatic heterocycles. The average Bonchev–Trinajstić information content (AvgIpc) is 3.23. The van der Waals surface area contributed by atoms with Crippen LogP contribution >= 0.6 is 0 Å². The fourth-order valence-corrected chi connectivity index (χ4v) is 3.29. The van der Waals surface area contributed by atoms with E-state index in [-0.39, 0.29) is 0 Å². The lowest BCUT2D eigenvalue weighted by atomic mass is 10.0. The molecule has 0 amide bonds. The van der Waals surface area contributed by atoms with Gasteiger partial charge in [0.1, 0.15) is 0 Å². The zero-order valence-corrected chi connectivity index (χ0v) is 18.9. The highest BCUT2D eigenvalue weighted by Gasteiger charge is 2.13. The van der Waals surface area contributed by atoms with Gasteiger partial charge in [-0.05, 0) is 79.1 Å². The first kappa shape index (κ1) is 23.2. The van der Waals surface area contributed by atoms with Crippen LogP contribution in [0.5, 0.6) is 0 Å². The van der Waals surface area contributed by atoms with Crippen molar-refractivity contribution < 1.29 is 0 Å². The Bertz CT molecular complexity index is 958. The number of rotatable bonds is 8. The maximum atomic E-state index is 4.40. The zero-order valence-electron chi connectivity index (χ0n) is 18.9. The van der Waals surface area contributed by atoms with Gasteiger partial charge in [0.25, 0.3) is 0 Å². The lowest BCUT2D eigenvalue weighted by Gasteiger charge is -2.28. The predicted octanol–water partition coefficient (Wildman–Crippen LogP) is 7.15. The molecule has 0 atom stereocenters. The van der Waals surface area contributed by atoms with E-state index >= 15 is 0 Å². The van der Waals surface area contributed by atoms with Crippen LogP contribution in [0.2, 0.25) is 0 Å². The molecule has 0 spiro atoms. The van der Waals surface area contributed by atoms with E-state index < -0.39 is 0 Å². The lowest BCUT2D eigenvalue weighted by Crippen LogP contribution is -2.25. The molecule has 0 fully saturated rings. The van der Waals surface area contributed by atoms with Crippen LogP contribution < -0.4 is 0 Å². The molecule has 0 saturated carbocycles. The number of allylic oxidation sites excluding steroid dienone is 4. The van der Waals surface area contributed by atoms with Crippen LogP contribution in [-0.4, -0.2) is 28.0 Å². The van der Waals surface area contributed by atoms with Crippen LogP contribution in [0, 0.1) is 6.92 Å². The van der Waals surface area contributed by atoms with Crippen LogP contribution in [0.4, 0.5) is 0 Å². The van der Waals surface area contributed by atoms with E-state index in [0.29, 0.717) is 0 Å². The lowest BCUT2D eigenvalue weighted by molar-refractivity contribution is 0.358. The summed E-state index contributed by atoms with van der Waals surface area (Å²) in [6.07, 6.45) is 14.2. The molecule has 3 rings (SSSR count). The van der Waals surface area contributed by atoms with E-state index in [4.69, 9.17) is 0 Å². The minimum absolute atomic E-state index is 1.06. The molecule has 0 bridgehead atoms. The van der Waals surface area contributed by atoms with Crippen molar-refractivity contribution in [3.63, 3.8) is 0 Å². The van der Waals surface area contributed by atoms with Gasteiger partial charge < -0.3 is 9.88 Å². The number of aromatic amines is 1. The molecular formula is C27H35N3. The van der Waals surface area contributed by atoms with Gasteiger partial charge in [-0.3, -0.25) is 4.98 Å². The van der Waals surface area contributed by atoms with Gasteiger partial charge >= 0.3 is 0 Å². The third kappa shape index (κ3) is 6.77. The van der Waals surface area contributed by atoms with Crippen LogP contribution in [0.3, 0.4) is 0 Å². The topological polar surface area (TPSA) is 31.9 Å². The Kier molecular flexibility index (Phi) is 9.66. The Morgan fingerprint density at radius 3 is 2.33 bits per heavy atom. The molecule has 0 aliphatic heterocycles. The summed E-state index contributed by atoms with van der Waals surface area (Å²) in [6.45, 7) is 15.1. The smallest absolute Gasteiger partial charge is 0.0460 e. The molecule has 2 heterocycles. The maximum absolute atomic E-state index is 4.40. The van der Waals surface area contributed by atoms with Crippen molar-refractivity contribution in [2.75, 3.05) is 13.1 Å². The van der Waals surface area contributed by atoms with Crippen molar-refractivity contribution in [2.45, 2.75) is 40.5 Å². The summed E-state index contributed by atoms with van der Waals surface area (Å²) in [6, 6.07) is 12.6. The molecule has 30 heavy (non-hydrogen) atoms. The van der Waals surface area contributed by atoms with E-state index in [1.165, 1.54) is 22.2 Å². The monoisotopic (exact) mass is 401 g/mol. The predicted molar refractivity (Wildman–Crippen MR) is 131 cm³/mol. The second-order valence-electron chi connectivity index (χ2n) is 7.35. The number of fused-ring (bicyclic) bond motifs is 1. The molecule has 1 aromatic carbocycles. The Hall–Kier alpha value is -3.07. The summed E-state index contributed by atoms with van der Waals surface area (Å²) >= 11 is 0. The van der Waals surface area contributed by atoms with E-state index in [2.05, 4.69) is 77.8 Å². The third-order valence-electron chi connectivity index (χ3n) is 4.83. The van der Waals surface area contributed by atoms with Crippen LogP contribution in [0.25, 0.3) is 16.5 Å². The summed E-state index contributed by atoms with van der Waals surface area (Å²) < 4.78 is 0. The first-order valence-electron chi connectivity index (χ1n) is 10.8. The fourth-order valence-electron chi connectivity index (χ4n) is 3.29. The SMILES string of the molecule is C=C(/C(=C\C=C/C)N(CCC)CCC)c1ccc2cc[nH]c2c1.Cc1ccncc1. The number of pyridine rings is 1.